The average Bonchev–Trinajstić information content (AvgIpc) is 2.13. The van der Waals surface area contributed by atoms with Gasteiger partial charge < -0.3 is 5.11 Å². The average molecular weight is 181 g/mol. The van der Waals surface area contributed by atoms with Crippen molar-refractivity contribution in [1.82, 2.24) is 0 Å². The van der Waals surface area contributed by atoms with Crippen LogP contribution >= 0.6 is 0 Å². The van der Waals surface area contributed by atoms with Crippen LogP contribution in [0.1, 0.15) is 47.0 Å². The number of hydrogen-bond donors (Lipinski definition) is 1. The smallest absolute Gasteiger partial charge is 0.0881 e. The van der Waals surface area contributed by atoms with E-state index in [1.165, 1.54) is 0 Å². The molecule has 0 aromatic rings. The summed E-state index contributed by atoms with van der Waals surface area (Å²) < 4.78 is 0. The zero-order valence-corrected chi connectivity index (χ0v) is 9.02. The second kappa shape index (κ2) is 2.72. The van der Waals surface area contributed by atoms with Gasteiger partial charge in [0.15, 0.2) is 0 Å². The fourth-order valence-corrected chi connectivity index (χ4v) is 2.35. The molecule has 2 nitrogen and oxygen atoms in total. The minimum absolute atomic E-state index is 0.104. The first-order valence-electron chi connectivity index (χ1n) is 4.96. The molecular formula is C11H19NO. The quantitative estimate of drug-likeness (QED) is 0.711. The molecule has 0 spiro atoms. The lowest BCUT2D eigenvalue weighted by Gasteiger charge is -2.58. The van der Waals surface area contributed by atoms with E-state index >= 15 is 0 Å². The van der Waals surface area contributed by atoms with Gasteiger partial charge in [0.05, 0.1) is 17.1 Å². The third-order valence-corrected chi connectivity index (χ3v) is 4.10. The van der Waals surface area contributed by atoms with Crippen molar-refractivity contribution in [3.05, 3.63) is 0 Å². The zero-order chi connectivity index (χ0) is 10.3. The molecule has 0 heterocycles. The van der Waals surface area contributed by atoms with Crippen LogP contribution in [0.25, 0.3) is 0 Å². The van der Waals surface area contributed by atoms with Crippen LogP contribution in [0.4, 0.5) is 0 Å². The van der Waals surface area contributed by atoms with Crippen molar-refractivity contribution < 1.29 is 5.11 Å². The number of rotatable bonds is 2. The summed E-state index contributed by atoms with van der Waals surface area (Å²) >= 11 is 0. The SMILES string of the molecule is CCC(C)(C#N)C1(O)CCC1(C)C. The van der Waals surface area contributed by atoms with Crippen molar-refractivity contribution in [2.24, 2.45) is 10.8 Å². The minimum Gasteiger partial charge on any atom is -0.388 e. The fourth-order valence-electron chi connectivity index (χ4n) is 2.35. The number of nitriles is 1. The van der Waals surface area contributed by atoms with Gasteiger partial charge in [-0.25, -0.2) is 0 Å². The summed E-state index contributed by atoms with van der Waals surface area (Å²) in [6, 6.07) is 2.28. The van der Waals surface area contributed by atoms with Gasteiger partial charge >= 0.3 is 0 Å². The maximum absolute atomic E-state index is 10.4. The summed E-state index contributed by atoms with van der Waals surface area (Å²) in [4.78, 5) is 0. The lowest BCUT2D eigenvalue weighted by atomic mass is 9.48. The van der Waals surface area contributed by atoms with Crippen molar-refractivity contribution in [3.63, 3.8) is 0 Å². The molecular weight excluding hydrogens is 162 g/mol. The van der Waals surface area contributed by atoms with Gasteiger partial charge in [-0.05, 0) is 31.6 Å². The third-order valence-electron chi connectivity index (χ3n) is 4.10. The Labute approximate surface area is 80.6 Å². The molecule has 0 aliphatic heterocycles. The highest BCUT2D eigenvalue weighted by molar-refractivity contribution is 5.18. The Hall–Kier alpha value is -0.550. The van der Waals surface area contributed by atoms with E-state index in [1.807, 2.05) is 27.7 Å². The van der Waals surface area contributed by atoms with E-state index in [1.54, 1.807) is 0 Å². The third kappa shape index (κ3) is 1.10. The number of hydrogen-bond acceptors (Lipinski definition) is 2. The van der Waals surface area contributed by atoms with Gasteiger partial charge in [0.1, 0.15) is 0 Å². The van der Waals surface area contributed by atoms with E-state index in [0.717, 1.165) is 12.8 Å². The summed E-state index contributed by atoms with van der Waals surface area (Å²) in [7, 11) is 0. The van der Waals surface area contributed by atoms with E-state index in [0.29, 0.717) is 6.42 Å². The largest absolute Gasteiger partial charge is 0.388 e. The summed E-state index contributed by atoms with van der Waals surface area (Å²) in [5.41, 5.74) is -1.48. The van der Waals surface area contributed by atoms with Crippen molar-refractivity contribution in [1.29, 1.82) is 5.26 Å². The van der Waals surface area contributed by atoms with Gasteiger partial charge in [-0.2, -0.15) is 5.26 Å². The molecule has 0 aromatic heterocycles. The summed E-state index contributed by atoms with van der Waals surface area (Å²) in [5, 5.41) is 19.5. The summed E-state index contributed by atoms with van der Waals surface area (Å²) in [6.45, 7) is 7.92. The maximum atomic E-state index is 10.4. The van der Waals surface area contributed by atoms with Gasteiger partial charge in [0, 0.05) is 0 Å². The van der Waals surface area contributed by atoms with E-state index < -0.39 is 11.0 Å². The molecule has 0 aromatic carbocycles. The Morgan fingerprint density at radius 2 is 2.00 bits per heavy atom. The van der Waals surface area contributed by atoms with Crippen molar-refractivity contribution in [2.75, 3.05) is 0 Å². The Balaban J connectivity index is 3.01. The van der Waals surface area contributed by atoms with Crippen molar-refractivity contribution in [3.8, 4) is 6.07 Å². The predicted octanol–water partition coefficient (Wildman–Crippen LogP) is 2.48. The molecule has 0 radical (unpaired) electrons. The molecule has 2 heteroatoms. The maximum Gasteiger partial charge on any atom is 0.0881 e. The number of nitrogens with zero attached hydrogens (tertiary/aromatic N) is 1. The molecule has 0 amide bonds. The van der Waals surface area contributed by atoms with Gasteiger partial charge in [-0.15, -0.1) is 0 Å². The van der Waals surface area contributed by atoms with Crippen molar-refractivity contribution >= 4 is 0 Å². The van der Waals surface area contributed by atoms with E-state index in [2.05, 4.69) is 6.07 Å². The first kappa shape index (κ1) is 10.5. The molecule has 1 rings (SSSR count). The van der Waals surface area contributed by atoms with Crippen molar-refractivity contribution in [2.45, 2.75) is 52.6 Å². The monoisotopic (exact) mass is 181 g/mol. The second-order valence-corrected chi connectivity index (χ2v) is 5.04. The summed E-state index contributed by atoms with van der Waals surface area (Å²) in [5.74, 6) is 0. The topological polar surface area (TPSA) is 44.0 Å². The van der Waals surface area contributed by atoms with Crippen LogP contribution < -0.4 is 0 Å². The van der Waals surface area contributed by atoms with Crippen LogP contribution in [0, 0.1) is 22.2 Å². The van der Waals surface area contributed by atoms with Crippen LogP contribution in [0.5, 0.6) is 0 Å². The molecule has 2 atom stereocenters. The highest BCUT2D eigenvalue weighted by Crippen LogP contribution is 2.58. The zero-order valence-electron chi connectivity index (χ0n) is 9.02. The second-order valence-electron chi connectivity index (χ2n) is 5.04. The lowest BCUT2D eigenvalue weighted by molar-refractivity contribution is -0.205. The molecule has 0 bridgehead atoms. The molecule has 2 unspecified atom stereocenters. The molecule has 1 aliphatic rings. The van der Waals surface area contributed by atoms with Gasteiger partial charge in [-0.3, -0.25) is 0 Å². The molecule has 1 fully saturated rings. The van der Waals surface area contributed by atoms with Crippen LogP contribution in [0.15, 0.2) is 0 Å². The van der Waals surface area contributed by atoms with Crippen LogP contribution in [0.2, 0.25) is 0 Å². The van der Waals surface area contributed by atoms with Gasteiger partial charge in [-0.1, -0.05) is 20.8 Å². The minimum atomic E-state index is -0.788. The first-order valence-corrected chi connectivity index (χ1v) is 4.96. The molecule has 13 heavy (non-hydrogen) atoms. The Morgan fingerprint density at radius 1 is 1.46 bits per heavy atom. The molecule has 1 saturated carbocycles. The lowest BCUT2D eigenvalue weighted by Crippen LogP contribution is -2.62. The van der Waals surface area contributed by atoms with Crippen LogP contribution in [-0.2, 0) is 0 Å². The molecule has 74 valence electrons. The molecule has 0 saturated heterocycles. The van der Waals surface area contributed by atoms with E-state index in [9.17, 15) is 5.11 Å². The van der Waals surface area contributed by atoms with Gasteiger partial charge in [0.25, 0.3) is 0 Å². The normalized spacial score (nSPS) is 35.7. The predicted molar refractivity (Wildman–Crippen MR) is 52.0 cm³/mol. The Kier molecular flexibility index (Phi) is 2.20. The Morgan fingerprint density at radius 3 is 2.08 bits per heavy atom. The molecule has 1 N–H and O–H groups in total. The molecule has 1 aliphatic carbocycles. The summed E-state index contributed by atoms with van der Waals surface area (Å²) in [6.07, 6.45) is 2.49. The Bertz CT molecular complexity index is 253. The van der Waals surface area contributed by atoms with E-state index in [-0.39, 0.29) is 5.41 Å². The van der Waals surface area contributed by atoms with Crippen LogP contribution in [-0.4, -0.2) is 10.7 Å². The number of aliphatic hydroxyl groups is 1. The highest BCUT2D eigenvalue weighted by Gasteiger charge is 2.61. The first-order chi connectivity index (χ1) is 5.83. The van der Waals surface area contributed by atoms with Crippen LogP contribution in [0.3, 0.4) is 0 Å². The fraction of sp³-hybridized carbons (Fsp3) is 0.909. The highest BCUT2D eigenvalue weighted by atomic mass is 16.3. The van der Waals surface area contributed by atoms with E-state index in [4.69, 9.17) is 5.26 Å². The van der Waals surface area contributed by atoms with Gasteiger partial charge in [0.2, 0.25) is 0 Å². The standard InChI is InChI=1S/C11H19NO/c1-5-10(4,8-12)11(13)7-6-9(11,2)3/h13H,5-7H2,1-4H3.